The Labute approximate surface area is 203 Å². The van der Waals surface area contributed by atoms with Gasteiger partial charge in [0, 0.05) is 19.2 Å². The molecule has 2 heterocycles. The van der Waals surface area contributed by atoms with Crippen molar-refractivity contribution in [1.29, 1.82) is 0 Å². The quantitative estimate of drug-likeness (QED) is 0.423. The lowest BCUT2D eigenvalue weighted by Gasteiger charge is -2.39. The SMILES string of the molecule is CCCCN(CC(=O)N1c2ccccc2-n2cccc2C1c1ccc(C)cc1)C(=O)CC(C)C. The van der Waals surface area contributed by atoms with E-state index in [1.54, 1.807) is 4.90 Å². The molecule has 0 fully saturated rings. The number of para-hydroxylation sites is 2. The first-order chi connectivity index (χ1) is 16.4. The number of rotatable bonds is 8. The van der Waals surface area contributed by atoms with Crippen LogP contribution in [0.2, 0.25) is 0 Å². The van der Waals surface area contributed by atoms with Gasteiger partial charge >= 0.3 is 0 Å². The van der Waals surface area contributed by atoms with Gasteiger partial charge in [-0.25, -0.2) is 0 Å². The summed E-state index contributed by atoms with van der Waals surface area (Å²) >= 11 is 0. The van der Waals surface area contributed by atoms with Gasteiger partial charge < -0.3 is 9.47 Å². The highest BCUT2D eigenvalue weighted by Gasteiger charge is 2.36. The van der Waals surface area contributed by atoms with Crippen LogP contribution in [0.25, 0.3) is 5.69 Å². The van der Waals surface area contributed by atoms with Crippen molar-refractivity contribution in [1.82, 2.24) is 9.47 Å². The average Bonchev–Trinajstić information content (AvgIpc) is 3.31. The zero-order valence-corrected chi connectivity index (χ0v) is 20.7. The minimum absolute atomic E-state index is 0.0531. The van der Waals surface area contributed by atoms with E-state index in [2.05, 4.69) is 54.9 Å². The predicted octanol–water partition coefficient (Wildman–Crippen LogP) is 5.90. The van der Waals surface area contributed by atoms with Crippen molar-refractivity contribution in [2.45, 2.75) is 53.0 Å². The Morgan fingerprint density at radius 2 is 1.68 bits per heavy atom. The zero-order chi connectivity index (χ0) is 24.2. The normalized spacial score (nSPS) is 14.6. The molecule has 2 amide bonds. The van der Waals surface area contributed by atoms with E-state index in [1.807, 2.05) is 49.1 Å². The first kappa shape index (κ1) is 23.8. The maximum absolute atomic E-state index is 14.0. The molecule has 34 heavy (non-hydrogen) atoms. The van der Waals surface area contributed by atoms with E-state index in [0.29, 0.717) is 13.0 Å². The molecular weight excluding hydrogens is 422 g/mol. The highest BCUT2D eigenvalue weighted by Crippen LogP contribution is 2.42. The summed E-state index contributed by atoms with van der Waals surface area (Å²) < 4.78 is 2.17. The third-order valence-electron chi connectivity index (χ3n) is 6.42. The fourth-order valence-electron chi connectivity index (χ4n) is 4.68. The molecule has 1 unspecified atom stereocenters. The molecule has 0 spiro atoms. The summed E-state index contributed by atoms with van der Waals surface area (Å²) in [6, 6.07) is 20.3. The second kappa shape index (κ2) is 10.3. The summed E-state index contributed by atoms with van der Waals surface area (Å²) in [6.45, 7) is 8.95. The van der Waals surface area contributed by atoms with Gasteiger partial charge in [0.2, 0.25) is 11.8 Å². The zero-order valence-electron chi connectivity index (χ0n) is 20.7. The van der Waals surface area contributed by atoms with Gasteiger partial charge in [0.1, 0.15) is 12.6 Å². The van der Waals surface area contributed by atoms with Crippen molar-refractivity contribution >= 4 is 17.5 Å². The maximum Gasteiger partial charge on any atom is 0.247 e. The van der Waals surface area contributed by atoms with E-state index in [9.17, 15) is 9.59 Å². The van der Waals surface area contributed by atoms with Gasteiger partial charge in [0.05, 0.1) is 17.1 Å². The van der Waals surface area contributed by atoms with Crippen LogP contribution in [-0.4, -0.2) is 34.4 Å². The Hall–Kier alpha value is -3.34. The summed E-state index contributed by atoms with van der Waals surface area (Å²) in [4.78, 5) is 30.7. The predicted molar refractivity (Wildman–Crippen MR) is 137 cm³/mol. The van der Waals surface area contributed by atoms with Crippen LogP contribution in [0.4, 0.5) is 5.69 Å². The molecule has 0 N–H and O–H groups in total. The van der Waals surface area contributed by atoms with Gasteiger partial charge in [0.15, 0.2) is 0 Å². The lowest BCUT2D eigenvalue weighted by atomic mass is 9.97. The summed E-state index contributed by atoms with van der Waals surface area (Å²) in [5, 5.41) is 0. The van der Waals surface area contributed by atoms with E-state index < -0.39 is 0 Å². The molecule has 4 rings (SSSR count). The molecule has 1 aliphatic rings. The first-order valence-electron chi connectivity index (χ1n) is 12.3. The molecule has 5 nitrogen and oxygen atoms in total. The second-order valence-corrected chi connectivity index (χ2v) is 9.64. The molecule has 2 aromatic carbocycles. The molecule has 5 heteroatoms. The number of amides is 2. The number of fused-ring (bicyclic) bond motifs is 3. The summed E-state index contributed by atoms with van der Waals surface area (Å²) in [5.74, 6) is 0.252. The van der Waals surface area contributed by atoms with Crippen molar-refractivity contribution in [3.63, 3.8) is 0 Å². The van der Waals surface area contributed by atoms with Crippen molar-refractivity contribution in [2.75, 3.05) is 18.0 Å². The lowest BCUT2D eigenvalue weighted by molar-refractivity contribution is -0.136. The van der Waals surface area contributed by atoms with Crippen LogP contribution < -0.4 is 4.90 Å². The van der Waals surface area contributed by atoms with E-state index >= 15 is 0 Å². The Kier molecular flexibility index (Phi) is 7.20. The van der Waals surface area contributed by atoms with Crippen LogP contribution >= 0.6 is 0 Å². The molecule has 0 aliphatic carbocycles. The molecule has 3 aromatic rings. The number of benzene rings is 2. The summed E-state index contributed by atoms with van der Waals surface area (Å²) in [5.41, 5.74) is 5.13. The van der Waals surface area contributed by atoms with Crippen molar-refractivity contribution in [2.24, 2.45) is 5.92 Å². The van der Waals surface area contributed by atoms with Gasteiger partial charge in [-0.1, -0.05) is 69.2 Å². The minimum Gasteiger partial charge on any atom is -0.333 e. The molecule has 0 radical (unpaired) electrons. The number of aromatic nitrogens is 1. The fourth-order valence-corrected chi connectivity index (χ4v) is 4.68. The van der Waals surface area contributed by atoms with Gasteiger partial charge in [-0.05, 0) is 49.1 Å². The van der Waals surface area contributed by atoms with E-state index in [4.69, 9.17) is 0 Å². The Bertz CT molecular complexity index is 1150. The van der Waals surface area contributed by atoms with Crippen molar-refractivity contribution in [3.8, 4) is 5.69 Å². The van der Waals surface area contributed by atoms with Crippen LogP contribution in [-0.2, 0) is 9.59 Å². The van der Waals surface area contributed by atoms with Gasteiger partial charge in [0.25, 0.3) is 0 Å². The number of hydrogen-bond donors (Lipinski definition) is 0. The summed E-state index contributed by atoms with van der Waals surface area (Å²) in [7, 11) is 0. The fraction of sp³-hybridized carbons (Fsp3) is 0.379. The second-order valence-electron chi connectivity index (χ2n) is 9.64. The monoisotopic (exact) mass is 457 g/mol. The van der Waals surface area contributed by atoms with Crippen LogP contribution in [0, 0.1) is 12.8 Å². The van der Waals surface area contributed by atoms with Gasteiger partial charge in [-0.2, -0.15) is 0 Å². The molecule has 0 saturated heterocycles. The number of aryl methyl sites for hydroxylation is 1. The highest BCUT2D eigenvalue weighted by atomic mass is 16.2. The number of carbonyl (C=O) groups excluding carboxylic acids is 2. The van der Waals surface area contributed by atoms with Crippen LogP contribution in [0.5, 0.6) is 0 Å². The van der Waals surface area contributed by atoms with Gasteiger partial charge in [-0.15, -0.1) is 0 Å². The molecular formula is C29H35N3O2. The topological polar surface area (TPSA) is 45.6 Å². The number of unbranched alkanes of at least 4 members (excludes halogenated alkanes) is 1. The van der Waals surface area contributed by atoms with Crippen molar-refractivity contribution < 1.29 is 9.59 Å². The largest absolute Gasteiger partial charge is 0.333 e. The van der Waals surface area contributed by atoms with Crippen LogP contribution in [0.15, 0.2) is 66.9 Å². The number of carbonyl (C=O) groups is 2. The number of anilines is 1. The van der Waals surface area contributed by atoms with Crippen LogP contribution in [0.1, 0.15) is 62.9 Å². The van der Waals surface area contributed by atoms with Gasteiger partial charge in [-0.3, -0.25) is 14.5 Å². The molecule has 178 valence electrons. The smallest absolute Gasteiger partial charge is 0.247 e. The maximum atomic E-state index is 14.0. The first-order valence-corrected chi connectivity index (χ1v) is 12.3. The third kappa shape index (κ3) is 4.79. The molecule has 1 atom stereocenters. The Morgan fingerprint density at radius 3 is 2.35 bits per heavy atom. The number of nitrogens with zero attached hydrogens (tertiary/aromatic N) is 3. The minimum atomic E-state index is -0.258. The van der Waals surface area contributed by atoms with Crippen molar-refractivity contribution in [3.05, 3.63) is 83.7 Å². The standard InChI is InChI=1S/C29H35N3O2/c1-5-6-17-30(27(33)19-21(2)3)20-28(34)32-25-11-8-7-10-24(25)31-18-9-12-26(31)29(32)23-15-13-22(4)14-16-23/h7-16,18,21,29H,5-6,17,19-20H2,1-4H3. The highest BCUT2D eigenvalue weighted by molar-refractivity contribution is 6.00. The molecule has 1 aliphatic heterocycles. The van der Waals surface area contributed by atoms with Crippen LogP contribution in [0.3, 0.4) is 0 Å². The molecule has 1 aromatic heterocycles. The molecule has 0 bridgehead atoms. The lowest BCUT2D eigenvalue weighted by Crippen LogP contribution is -2.47. The Balaban J connectivity index is 1.75. The van der Waals surface area contributed by atoms with E-state index in [0.717, 1.165) is 35.5 Å². The molecule has 0 saturated carbocycles. The third-order valence-corrected chi connectivity index (χ3v) is 6.42. The Morgan fingerprint density at radius 1 is 0.971 bits per heavy atom. The number of hydrogen-bond acceptors (Lipinski definition) is 2. The van der Waals surface area contributed by atoms with E-state index in [1.165, 1.54) is 5.56 Å². The summed E-state index contributed by atoms with van der Waals surface area (Å²) in [6.07, 6.45) is 4.37. The van der Waals surface area contributed by atoms with E-state index in [-0.39, 0.29) is 30.3 Å². The average molecular weight is 458 g/mol.